The van der Waals surface area contributed by atoms with E-state index in [9.17, 15) is 4.79 Å². The van der Waals surface area contributed by atoms with Crippen LogP contribution in [-0.2, 0) is 11.3 Å². The van der Waals surface area contributed by atoms with E-state index in [0.717, 1.165) is 22.3 Å². The van der Waals surface area contributed by atoms with Crippen LogP contribution in [0, 0.1) is 6.92 Å². The number of carbonyl (C=O) groups is 1. The second-order valence-corrected chi connectivity index (χ2v) is 6.26. The SMILES string of the molecule is Cc1cccc(OCC(=O)NCc2cncc(-c3ccsc3)c2)c1. The van der Waals surface area contributed by atoms with Crippen molar-refractivity contribution in [3.63, 3.8) is 0 Å². The average Bonchev–Trinajstić information content (AvgIpc) is 3.13. The molecule has 1 N–H and O–H groups in total. The van der Waals surface area contributed by atoms with Crippen LogP contribution in [-0.4, -0.2) is 17.5 Å². The van der Waals surface area contributed by atoms with Crippen LogP contribution in [0.3, 0.4) is 0 Å². The number of nitrogens with zero attached hydrogens (tertiary/aromatic N) is 1. The minimum absolute atomic E-state index is 0.00109. The molecule has 0 unspecified atom stereocenters. The quantitative estimate of drug-likeness (QED) is 0.743. The molecule has 5 heteroatoms. The van der Waals surface area contributed by atoms with Crippen LogP contribution in [0.2, 0.25) is 0 Å². The molecule has 3 rings (SSSR count). The van der Waals surface area contributed by atoms with Crippen molar-refractivity contribution >= 4 is 17.2 Å². The van der Waals surface area contributed by atoms with Gasteiger partial charge in [-0.05, 0) is 58.6 Å². The maximum Gasteiger partial charge on any atom is 0.258 e. The standard InChI is InChI=1S/C19H18N2O2S/c1-14-3-2-4-18(7-14)23-12-19(22)21-10-15-8-17(11-20-9-15)16-5-6-24-13-16/h2-9,11,13H,10,12H2,1H3,(H,21,22). The summed E-state index contributed by atoms with van der Waals surface area (Å²) in [5, 5.41) is 6.97. The Morgan fingerprint density at radius 3 is 2.92 bits per heavy atom. The molecule has 1 aromatic carbocycles. The molecule has 0 saturated heterocycles. The third kappa shape index (κ3) is 4.43. The van der Waals surface area contributed by atoms with Gasteiger partial charge in [-0.2, -0.15) is 11.3 Å². The first kappa shape index (κ1) is 16.2. The van der Waals surface area contributed by atoms with E-state index in [0.29, 0.717) is 12.3 Å². The van der Waals surface area contributed by atoms with Gasteiger partial charge in [-0.25, -0.2) is 0 Å². The highest BCUT2D eigenvalue weighted by atomic mass is 32.1. The van der Waals surface area contributed by atoms with Crippen LogP contribution in [0.15, 0.2) is 59.6 Å². The maximum absolute atomic E-state index is 11.9. The van der Waals surface area contributed by atoms with E-state index in [1.54, 1.807) is 17.5 Å². The summed E-state index contributed by atoms with van der Waals surface area (Å²) in [4.78, 5) is 16.2. The van der Waals surface area contributed by atoms with E-state index in [2.05, 4.69) is 21.7 Å². The van der Waals surface area contributed by atoms with Gasteiger partial charge in [0, 0.05) is 24.5 Å². The fourth-order valence-corrected chi connectivity index (χ4v) is 2.94. The first-order valence-corrected chi connectivity index (χ1v) is 8.57. The van der Waals surface area contributed by atoms with Crippen LogP contribution >= 0.6 is 11.3 Å². The third-order valence-electron chi connectivity index (χ3n) is 3.50. The molecule has 0 aliphatic heterocycles. The van der Waals surface area contributed by atoms with Crippen LogP contribution in [0.25, 0.3) is 11.1 Å². The Labute approximate surface area is 145 Å². The Balaban J connectivity index is 1.52. The number of aromatic nitrogens is 1. The molecular weight excluding hydrogens is 320 g/mol. The van der Waals surface area contributed by atoms with Crippen molar-refractivity contribution in [2.45, 2.75) is 13.5 Å². The number of hydrogen-bond donors (Lipinski definition) is 1. The van der Waals surface area contributed by atoms with Crippen molar-refractivity contribution in [3.05, 3.63) is 70.7 Å². The van der Waals surface area contributed by atoms with Gasteiger partial charge in [0.05, 0.1) is 0 Å². The van der Waals surface area contributed by atoms with Crippen molar-refractivity contribution in [1.29, 1.82) is 0 Å². The van der Waals surface area contributed by atoms with Gasteiger partial charge in [-0.1, -0.05) is 12.1 Å². The van der Waals surface area contributed by atoms with E-state index < -0.39 is 0 Å². The number of nitrogens with one attached hydrogen (secondary N) is 1. The first-order chi connectivity index (χ1) is 11.7. The Morgan fingerprint density at radius 2 is 2.12 bits per heavy atom. The van der Waals surface area contributed by atoms with Crippen molar-refractivity contribution in [1.82, 2.24) is 10.3 Å². The van der Waals surface area contributed by atoms with Gasteiger partial charge in [-0.3, -0.25) is 9.78 Å². The monoisotopic (exact) mass is 338 g/mol. The summed E-state index contributed by atoms with van der Waals surface area (Å²) < 4.78 is 5.49. The molecule has 0 spiro atoms. The van der Waals surface area contributed by atoms with Crippen LogP contribution in [0.5, 0.6) is 5.75 Å². The van der Waals surface area contributed by atoms with Crippen LogP contribution < -0.4 is 10.1 Å². The Morgan fingerprint density at radius 1 is 1.21 bits per heavy atom. The smallest absolute Gasteiger partial charge is 0.258 e. The summed E-state index contributed by atoms with van der Waals surface area (Å²) in [7, 11) is 0. The molecule has 4 nitrogen and oxygen atoms in total. The van der Waals surface area contributed by atoms with Gasteiger partial charge in [0.15, 0.2) is 6.61 Å². The summed E-state index contributed by atoms with van der Waals surface area (Å²) in [5.41, 5.74) is 4.26. The molecule has 0 radical (unpaired) electrons. The summed E-state index contributed by atoms with van der Waals surface area (Å²) in [6, 6.07) is 11.7. The molecule has 2 aromatic heterocycles. The minimum atomic E-state index is -0.155. The molecule has 0 fully saturated rings. The van der Waals surface area contributed by atoms with E-state index in [1.807, 2.05) is 48.8 Å². The molecule has 3 aromatic rings. The van der Waals surface area contributed by atoms with Crippen molar-refractivity contribution < 1.29 is 9.53 Å². The predicted molar refractivity (Wildman–Crippen MR) is 96.1 cm³/mol. The van der Waals surface area contributed by atoms with Crippen molar-refractivity contribution in [3.8, 4) is 16.9 Å². The predicted octanol–water partition coefficient (Wildman–Crippen LogP) is 3.81. The van der Waals surface area contributed by atoms with Gasteiger partial charge < -0.3 is 10.1 Å². The molecule has 122 valence electrons. The van der Waals surface area contributed by atoms with Gasteiger partial charge in [0.2, 0.25) is 0 Å². The van der Waals surface area contributed by atoms with E-state index in [4.69, 9.17) is 4.74 Å². The lowest BCUT2D eigenvalue weighted by Crippen LogP contribution is -2.28. The summed E-state index contributed by atoms with van der Waals surface area (Å²) >= 11 is 1.65. The van der Waals surface area contributed by atoms with E-state index >= 15 is 0 Å². The lowest BCUT2D eigenvalue weighted by Gasteiger charge is -2.08. The zero-order valence-electron chi connectivity index (χ0n) is 13.4. The summed E-state index contributed by atoms with van der Waals surface area (Å²) in [5.74, 6) is 0.545. The number of aryl methyl sites for hydroxylation is 1. The fraction of sp³-hybridized carbons (Fsp3) is 0.158. The second-order valence-electron chi connectivity index (χ2n) is 5.48. The number of carbonyl (C=O) groups excluding carboxylic acids is 1. The Hall–Kier alpha value is -2.66. The number of hydrogen-bond acceptors (Lipinski definition) is 4. The zero-order valence-corrected chi connectivity index (χ0v) is 14.2. The Bertz CT molecular complexity index is 816. The largest absolute Gasteiger partial charge is 0.484 e. The average molecular weight is 338 g/mol. The van der Waals surface area contributed by atoms with Crippen LogP contribution in [0.1, 0.15) is 11.1 Å². The number of amides is 1. The lowest BCUT2D eigenvalue weighted by molar-refractivity contribution is -0.123. The highest BCUT2D eigenvalue weighted by Crippen LogP contribution is 2.21. The highest BCUT2D eigenvalue weighted by Gasteiger charge is 2.05. The molecule has 0 aliphatic rings. The molecule has 0 bridgehead atoms. The number of ether oxygens (including phenoxy) is 1. The fourth-order valence-electron chi connectivity index (χ4n) is 2.28. The highest BCUT2D eigenvalue weighted by molar-refractivity contribution is 7.08. The summed E-state index contributed by atoms with van der Waals surface area (Å²) in [6.07, 6.45) is 3.59. The summed E-state index contributed by atoms with van der Waals surface area (Å²) in [6.45, 7) is 2.42. The van der Waals surface area contributed by atoms with Crippen molar-refractivity contribution in [2.24, 2.45) is 0 Å². The molecule has 24 heavy (non-hydrogen) atoms. The van der Waals surface area contributed by atoms with E-state index in [1.165, 1.54) is 0 Å². The molecular formula is C19H18N2O2S. The number of thiophene rings is 1. The lowest BCUT2D eigenvalue weighted by atomic mass is 10.1. The zero-order chi connectivity index (χ0) is 16.8. The third-order valence-corrected chi connectivity index (χ3v) is 4.18. The first-order valence-electron chi connectivity index (χ1n) is 7.63. The maximum atomic E-state index is 11.9. The topological polar surface area (TPSA) is 51.2 Å². The molecule has 1 amide bonds. The molecule has 0 atom stereocenters. The van der Waals surface area contributed by atoms with Crippen molar-refractivity contribution in [2.75, 3.05) is 6.61 Å². The van der Waals surface area contributed by atoms with Gasteiger partial charge in [-0.15, -0.1) is 0 Å². The molecule has 0 aliphatic carbocycles. The number of pyridine rings is 1. The number of benzene rings is 1. The Kier molecular flexibility index (Phi) is 5.23. The normalized spacial score (nSPS) is 10.4. The minimum Gasteiger partial charge on any atom is -0.484 e. The van der Waals surface area contributed by atoms with Gasteiger partial charge >= 0.3 is 0 Å². The second kappa shape index (κ2) is 7.75. The van der Waals surface area contributed by atoms with Gasteiger partial charge in [0.25, 0.3) is 5.91 Å². The van der Waals surface area contributed by atoms with E-state index in [-0.39, 0.29) is 12.5 Å². The van der Waals surface area contributed by atoms with Crippen LogP contribution in [0.4, 0.5) is 0 Å². The number of rotatable bonds is 6. The molecule has 0 saturated carbocycles. The van der Waals surface area contributed by atoms with Gasteiger partial charge in [0.1, 0.15) is 5.75 Å². The molecule has 2 heterocycles.